The molecule has 1 saturated carbocycles. The largest absolute Gasteiger partial charge is 0.508 e. The van der Waals surface area contributed by atoms with Gasteiger partial charge in [-0.05, 0) is 49.4 Å². The van der Waals surface area contributed by atoms with Crippen LogP contribution in [0.3, 0.4) is 0 Å². The van der Waals surface area contributed by atoms with Gasteiger partial charge in [0.15, 0.2) is 5.96 Å². The number of aliphatic imine (C=N–C) groups is 1. The molecule has 132 valence electrons. The summed E-state index contributed by atoms with van der Waals surface area (Å²) in [4.78, 5) is 4.82. The van der Waals surface area contributed by atoms with Gasteiger partial charge in [-0.1, -0.05) is 42.5 Å². The summed E-state index contributed by atoms with van der Waals surface area (Å²) in [5.74, 6) is 1.18. The van der Waals surface area contributed by atoms with E-state index in [9.17, 15) is 5.11 Å². The maximum Gasteiger partial charge on any atom is 0.191 e. The fourth-order valence-corrected chi connectivity index (χ4v) is 3.09. The summed E-state index contributed by atoms with van der Waals surface area (Å²) < 4.78 is 0. The molecule has 1 aliphatic rings. The highest BCUT2D eigenvalue weighted by Gasteiger charge is 2.43. The highest BCUT2D eigenvalue weighted by Crippen LogP contribution is 2.48. The lowest BCUT2D eigenvalue weighted by Crippen LogP contribution is -2.39. The summed E-state index contributed by atoms with van der Waals surface area (Å²) in [7, 11) is 0. The number of hydrogen-bond acceptors (Lipinski definition) is 2. The van der Waals surface area contributed by atoms with Crippen molar-refractivity contribution in [2.24, 2.45) is 4.99 Å². The Hall–Kier alpha value is -2.49. The van der Waals surface area contributed by atoms with Gasteiger partial charge in [-0.15, -0.1) is 0 Å². The summed E-state index contributed by atoms with van der Waals surface area (Å²) >= 11 is 0. The van der Waals surface area contributed by atoms with Crippen LogP contribution in [0.2, 0.25) is 0 Å². The summed E-state index contributed by atoms with van der Waals surface area (Å²) in [6, 6.07) is 18.1. The Bertz CT molecular complexity index is 708. The van der Waals surface area contributed by atoms with E-state index in [4.69, 9.17) is 4.99 Å². The minimum atomic E-state index is 0.231. The minimum absolute atomic E-state index is 0.231. The lowest BCUT2D eigenvalue weighted by molar-refractivity contribution is 0.474. The van der Waals surface area contributed by atoms with Crippen LogP contribution in [0.15, 0.2) is 59.6 Å². The molecule has 2 aromatic carbocycles. The molecule has 1 fully saturated rings. The maximum absolute atomic E-state index is 9.54. The Morgan fingerprint density at radius 1 is 1.08 bits per heavy atom. The number of aromatic hydroxyl groups is 1. The van der Waals surface area contributed by atoms with E-state index in [2.05, 4.69) is 47.9 Å². The number of hydrogen-bond donors (Lipinski definition) is 3. The first-order valence-corrected chi connectivity index (χ1v) is 9.07. The lowest BCUT2D eigenvalue weighted by atomic mass is 9.96. The van der Waals surface area contributed by atoms with Crippen LogP contribution in [0.1, 0.15) is 30.9 Å². The Morgan fingerprint density at radius 2 is 1.88 bits per heavy atom. The van der Waals surface area contributed by atoms with Crippen LogP contribution in [-0.4, -0.2) is 30.7 Å². The monoisotopic (exact) mass is 337 g/mol. The quantitative estimate of drug-likeness (QED) is 0.537. The van der Waals surface area contributed by atoms with Crippen molar-refractivity contribution in [1.29, 1.82) is 0 Å². The highest BCUT2D eigenvalue weighted by molar-refractivity contribution is 5.79. The summed E-state index contributed by atoms with van der Waals surface area (Å²) in [6.07, 6.45) is 3.27. The molecule has 0 unspecified atom stereocenters. The molecule has 0 bridgehead atoms. The fraction of sp³-hybridized carbons (Fsp3) is 0.381. The van der Waals surface area contributed by atoms with Crippen LogP contribution in [0, 0.1) is 0 Å². The van der Waals surface area contributed by atoms with Gasteiger partial charge in [0.25, 0.3) is 0 Å². The molecule has 2 aromatic rings. The minimum Gasteiger partial charge on any atom is -0.508 e. The summed E-state index contributed by atoms with van der Waals surface area (Å²) in [5.41, 5.74) is 2.75. The van der Waals surface area contributed by atoms with Crippen molar-refractivity contribution in [3.63, 3.8) is 0 Å². The molecule has 0 saturated heterocycles. The van der Waals surface area contributed by atoms with Crippen molar-refractivity contribution in [3.05, 3.63) is 65.7 Å². The number of benzene rings is 2. The number of nitrogens with zero attached hydrogens (tertiary/aromatic N) is 1. The maximum atomic E-state index is 9.54. The van der Waals surface area contributed by atoms with Gasteiger partial charge in [0.05, 0.1) is 6.54 Å². The van der Waals surface area contributed by atoms with Gasteiger partial charge in [-0.2, -0.15) is 0 Å². The van der Waals surface area contributed by atoms with Crippen molar-refractivity contribution in [2.45, 2.75) is 31.6 Å². The van der Waals surface area contributed by atoms with Gasteiger partial charge in [0.2, 0.25) is 0 Å². The zero-order valence-electron chi connectivity index (χ0n) is 14.8. The average molecular weight is 337 g/mol. The first-order valence-electron chi connectivity index (χ1n) is 9.07. The zero-order valence-corrected chi connectivity index (χ0v) is 14.8. The van der Waals surface area contributed by atoms with Crippen LogP contribution in [0.5, 0.6) is 5.75 Å². The predicted octanol–water partition coefficient (Wildman–Crippen LogP) is 3.22. The Kier molecular flexibility index (Phi) is 5.59. The third-order valence-electron chi connectivity index (χ3n) is 4.74. The van der Waals surface area contributed by atoms with Crippen LogP contribution in [0.25, 0.3) is 0 Å². The summed E-state index contributed by atoms with van der Waals surface area (Å²) in [5, 5.41) is 16.3. The zero-order chi connectivity index (χ0) is 17.5. The average Bonchev–Trinajstić information content (AvgIpc) is 3.42. The molecule has 0 radical (unpaired) electrons. The molecule has 0 aliphatic heterocycles. The second-order valence-electron chi connectivity index (χ2n) is 6.69. The van der Waals surface area contributed by atoms with Crippen molar-refractivity contribution in [2.75, 3.05) is 19.6 Å². The van der Waals surface area contributed by atoms with Gasteiger partial charge in [0.1, 0.15) is 5.75 Å². The van der Waals surface area contributed by atoms with Gasteiger partial charge in [-0.3, -0.25) is 4.99 Å². The normalized spacial score (nSPS) is 15.6. The van der Waals surface area contributed by atoms with Gasteiger partial charge < -0.3 is 15.7 Å². The van der Waals surface area contributed by atoms with Crippen LogP contribution < -0.4 is 10.6 Å². The summed E-state index contributed by atoms with van der Waals surface area (Å²) in [6.45, 7) is 4.53. The topological polar surface area (TPSA) is 56.7 Å². The third kappa shape index (κ3) is 4.75. The highest BCUT2D eigenvalue weighted by atomic mass is 16.3. The van der Waals surface area contributed by atoms with E-state index in [0.29, 0.717) is 5.75 Å². The Morgan fingerprint density at radius 3 is 2.56 bits per heavy atom. The molecule has 1 aliphatic carbocycles. The van der Waals surface area contributed by atoms with Gasteiger partial charge >= 0.3 is 0 Å². The molecule has 0 amide bonds. The Labute approximate surface area is 150 Å². The van der Waals surface area contributed by atoms with E-state index >= 15 is 0 Å². The molecular weight excluding hydrogens is 310 g/mol. The molecule has 3 N–H and O–H groups in total. The molecule has 0 spiro atoms. The third-order valence-corrected chi connectivity index (χ3v) is 4.74. The number of phenolic OH excluding ortho intramolecular Hbond substituents is 1. The van der Waals surface area contributed by atoms with Gasteiger partial charge in [0, 0.05) is 18.5 Å². The number of phenols is 1. The van der Waals surface area contributed by atoms with Crippen LogP contribution >= 0.6 is 0 Å². The van der Waals surface area contributed by atoms with Crippen molar-refractivity contribution in [1.82, 2.24) is 10.6 Å². The SMILES string of the molecule is CCNC(=NCC1(c2ccccc2)CC1)NCCc1cccc(O)c1. The smallest absolute Gasteiger partial charge is 0.191 e. The molecule has 3 rings (SSSR count). The molecule has 0 heterocycles. The van der Waals surface area contributed by atoms with E-state index in [1.54, 1.807) is 12.1 Å². The lowest BCUT2D eigenvalue weighted by Gasteiger charge is -2.16. The second kappa shape index (κ2) is 8.06. The predicted molar refractivity (Wildman–Crippen MR) is 103 cm³/mol. The number of nitrogens with one attached hydrogen (secondary N) is 2. The van der Waals surface area contributed by atoms with Gasteiger partial charge in [-0.25, -0.2) is 0 Å². The Balaban J connectivity index is 1.56. The van der Waals surface area contributed by atoms with Crippen molar-refractivity contribution in [3.8, 4) is 5.75 Å². The van der Waals surface area contributed by atoms with E-state index in [1.807, 2.05) is 12.1 Å². The van der Waals surface area contributed by atoms with Crippen LogP contribution in [-0.2, 0) is 11.8 Å². The molecular formula is C21H27N3O. The van der Waals surface area contributed by atoms with Crippen molar-refractivity contribution >= 4 is 5.96 Å². The first kappa shape index (κ1) is 17.3. The van der Waals surface area contributed by atoms with Crippen LogP contribution in [0.4, 0.5) is 0 Å². The van der Waals surface area contributed by atoms with E-state index in [0.717, 1.165) is 37.6 Å². The molecule has 0 atom stereocenters. The molecule has 4 heteroatoms. The molecule has 0 aromatic heterocycles. The second-order valence-corrected chi connectivity index (χ2v) is 6.69. The fourth-order valence-electron chi connectivity index (χ4n) is 3.09. The standard InChI is InChI=1S/C21H27N3O/c1-2-22-20(23-14-11-17-7-6-10-19(25)15-17)24-16-21(12-13-21)18-8-4-3-5-9-18/h3-10,15,25H,2,11-14,16H2,1H3,(H2,22,23,24). The molecule has 4 nitrogen and oxygen atoms in total. The number of rotatable bonds is 7. The van der Waals surface area contributed by atoms with E-state index < -0.39 is 0 Å². The van der Waals surface area contributed by atoms with Crippen molar-refractivity contribution < 1.29 is 5.11 Å². The van der Waals surface area contributed by atoms with E-state index in [1.165, 1.54) is 18.4 Å². The number of guanidine groups is 1. The molecule has 25 heavy (non-hydrogen) atoms. The van der Waals surface area contributed by atoms with E-state index in [-0.39, 0.29) is 5.41 Å². The first-order chi connectivity index (χ1) is 12.2.